The normalized spacial score (nSPS) is 12.1. The SMILES string of the molecule is CC(=O)ONS(=O)(=O)c1sc(CC(C)C)cc1-c1ccc(Cn2ccnc2C(C)(C)C)cc1C#N. The third-order valence-electron chi connectivity index (χ3n) is 5.13. The maximum Gasteiger partial charge on any atom is 0.323 e. The van der Waals surface area contributed by atoms with Crippen LogP contribution in [0.4, 0.5) is 0 Å². The lowest BCUT2D eigenvalue weighted by Crippen LogP contribution is -2.25. The number of nitrogens with one attached hydrogen (secondary N) is 1. The number of hydrogen-bond donors (Lipinski definition) is 1. The van der Waals surface area contributed by atoms with Crippen molar-refractivity contribution in [2.45, 2.75) is 64.1 Å². The Bertz CT molecular complexity index is 1370. The Morgan fingerprint density at radius 2 is 1.97 bits per heavy atom. The van der Waals surface area contributed by atoms with E-state index in [1.54, 1.807) is 24.4 Å². The Morgan fingerprint density at radius 3 is 2.57 bits per heavy atom. The Kier molecular flexibility index (Phi) is 7.84. The van der Waals surface area contributed by atoms with Gasteiger partial charge in [0.25, 0.3) is 10.0 Å². The predicted molar refractivity (Wildman–Crippen MR) is 135 cm³/mol. The lowest BCUT2D eigenvalue weighted by atomic mass is 9.95. The summed E-state index contributed by atoms with van der Waals surface area (Å²) in [6.07, 6.45) is 4.34. The Labute approximate surface area is 210 Å². The molecular weight excluding hydrogens is 484 g/mol. The molecule has 2 aromatic heterocycles. The molecule has 0 unspecified atom stereocenters. The molecule has 0 aliphatic carbocycles. The lowest BCUT2D eigenvalue weighted by Gasteiger charge is -2.20. The van der Waals surface area contributed by atoms with E-state index in [0.717, 1.165) is 34.5 Å². The molecule has 8 nitrogen and oxygen atoms in total. The van der Waals surface area contributed by atoms with Crippen LogP contribution in [-0.2, 0) is 38.0 Å². The summed E-state index contributed by atoms with van der Waals surface area (Å²) >= 11 is 1.11. The molecule has 3 aromatic rings. The van der Waals surface area contributed by atoms with Crippen LogP contribution < -0.4 is 4.89 Å². The summed E-state index contributed by atoms with van der Waals surface area (Å²) < 4.78 is 28.0. The van der Waals surface area contributed by atoms with Gasteiger partial charge in [-0.15, -0.1) is 11.3 Å². The van der Waals surface area contributed by atoms with Crippen molar-refractivity contribution in [3.8, 4) is 17.2 Å². The molecule has 0 saturated carbocycles. The molecule has 1 N–H and O–H groups in total. The molecule has 0 aliphatic heterocycles. The highest BCUT2D eigenvalue weighted by Crippen LogP contribution is 2.38. The number of hydrogen-bond acceptors (Lipinski definition) is 7. The first kappa shape index (κ1) is 26.6. The van der Waals surface area contributed by atoms with Gasteiger partial charge in [0.15, 0.2) is 0 Å². The highest BCUT2D eigenvalue weighted by molar-refractivity contribution is 7.91. The van der Waals surface area contributed by atoms with Crippen LogP contribution in [-0.4, -0.2) is 23.9 Å². The number of carbonyl (C=O) groups excluding carboxylic acids is 1. The number of nitrogens with zero attached hydrogens (tertiary/aromatic N) is 3. The summed E-state index contributed by atoms with van der Waals surface area (Å²) in [5.74, 6) is 0.468. The molecule has 0 spiro atoms. The molecule has 186 valence electrons. The molecule has 0 bridgehead atoms. The van der Waals surface area contributed by atoms with Crippen molar-refractivity contribution in [2.24, 2.45) is 5.92 Å². The summed E-state index contributed by atoms with van der Waals surface area (Å²) in [5, 5.41) is 9.94. The van der Waals surface area contributed by atoms with Crippen molar-refractivity contribution in [2.75, 3.05) is 0 Å². The highest BCUT2D eigenvalue weighted by Gasteiger charge is 2.26. The molecule has 0 radical (unpaired) electrons. The number of sulfonamides is 1. The van der Waals surface area contributed by atoms with Crippen LogP contribution in [0, 0.1) is 17.2 Å². The molecular formula is C25H30N4O4S2. The number of benzene rings is 1. The van der Waals surface area contributed by atoms with E-state index in [1.165, 1.54) is 0 Å². The van der Waals surface area contributed by atoms with Crippen LogP contribution in [0.5, 0.6) is 0 Å². The van der Waals surface area contributed by atoms with E-state index in [4.69, 9.17) is 0 Å². The van der Waals surface area contributed by atoms with E-state index in [9.17, 15) is 18.5 Å². The predicted octanol–water partition coefficient (Wildman–Crippen LogP) is 4.78. The van der Waals surface area contributed by atoms with Gasteiger partial charge in [0.1, 0.15) is 10.0 Å². The lowest BCUT2D eigenvalue weighted by molar-refractivity contribution is -0.144. The van der Waals surface area contributed by atoms with Gasteiger partial charge < -0.3 is 9.40 Å². The van der Waals surface area contributed by atoms with Crippen molar-refractivity contribution in [1.82, 2.24) is 14.4 Å². The van der Waals surface area contributed by atoms with Gasteiger partial charge in [-0.3, -0.25) is 4.79 Å². The zero-order chi connectivity index (χ0) is 26.0. The largest absolute Gasteiger partial charge is 0.356 e. The van der Waals surface area contributed by atoms with Crippen molar-refractivity contribution < 1.29 is 18.0 Å². The summed E-state index contributed by atoms with van der Waals surface area (Å²) in [6, 6.07) is 9.45. The van der Waals surface area contributed by atoms with E-state index in [2.05, 4.69) is 36.7 Å². The standard InChI is InChI=1S/C25H30N4O4S2/c1-16(2)11-20-13-22(23(34-20)35(31,32)28-33-17(3)30)21-8-7-18(12-19(21)14-26)15-29-10-9-27-24(29)25(4,5)6/h7-10,12-13,16,28H,11,15H2,1-6H3. The smallest absolute Gasteiger partial charge is 0.323 e. The number of imidazole rings is 1. The van der Waals surface area contributed by atoms with E-state index >= 15 is 0 Å². The third kappa shape index (κ3) is 6.36. The summed E-state index contributed by atoms with van der Waals surface area (Å²) in [6.45, 7) is 12.0. The minimum Gasteiger partial charge on any atom is -0.356 e. The average Bonchev–Trinajstić information content (AvgIpc) is 3.39. The fourth-order valence-electron chi connectivity index (χ4n) is 3.76. The van der Waals surface area contributed by atoms with Crippen LogP contribution in [0.1, 0.15) is 63.4 Å². The second-order valence-corrected chi connectivity index (χ2v) is 12.8. The van der Waals surface area contributed by atoms with E-state index in [1.807, 2.05) is 35.6 Å². The molecule has 0 aliphatic rings. The first-order valence-electron chi connectivity index (χ1n) is 11.2. The van der Waals surface area contributed by atoms with Crippen LogP contribution in [0.25, 0.3) is 11.1 Å². The van der Waals surface area contributed by atoms with Gasteiger partial charge in [-0.05, 0) is 34.9 Å². The number of carbonyl (C=O) groups is 1. The van der Waals surface area contributed by atoms with E-state index in [-0.39, 0.29) is 9.62 Å². The third-order valence-corrected chi connectivity index (χ3v) is 8.00. The van der Waals surface area contributed by atoms with Crippen LogP contribution >= 0.6 is 11.3 Å². The minimum absolute atomic E-state index is 0.00304. The fourth-order valence-corrected chi connectivity index (χ4v) is 6.49. The van der Waals surface area contributed by atoms with Crippen LogP contribution in [0.15, 0.2) is 40.9 Å². The van der Waals surface area contributed by atoms with Crippen molar-refractivity contribution in [3.05, 3.63) is 58.5 Å². The van der Waals surface area contributed by atoms with Gasteiger partial charge in [-0.25, -0.2) is 13.4 Å². The minimum atomic E-state index is -4.14. The fraction of sp³-hybridized carbons (Fsp3) is 0.400. The molecule has 0 amide bonds. The van der Waals surface area contributed by atoms with Gasteiger partial charge in [0.05, 0.1) is 11.6 Å². The van der Waals surface area contributed by atoms with Crippen LogP contribution in [0.2, 0.25) is 0 Å². The zero-order valence-electron chi connectivity index (χ0n) is 20.7. The van der Waals surface area contributed by atoms with Gasteiger partial charge >= 0.3 is 5.97 Å². The first-order valence-corrected chi connectivity index (χ1v) is 13.5. The second kappa shape index (κ2) is 10.3. The molecule has 10 heteroatoms. The quantitative estimate of drug-likeness (QED) is 0.433. The topological polar surface area (TPSA) is 114 Å². The Balaban J connectivity index is 2.06. The van der Waals surface area contributed by atoms with Gasteiger partial charge in [0, 0.05) is 47.3 Å². The van der Waals surface area contributed by atoms with Crippen molar-refractivity contribution in [3.63, 3.8) is 0 Å². The maximum atomic E-state index is 13.0. The number of rotatable bonds is 8. The molecule has 0 fully saturated rings. The second-order valence-electron chi connectivity index (χ2n) is 9.81. The first-order chi connectivity index (χ1) is 16.3. The summed E-state index contributed by atoms with van der Waals surface area (Å²) in [7, 11) is -4.14. The van der Waals surface area contributed by atoms with Gasteiger partial charge in [-0.1, -0.05) is 46.8 Å². The molecule has 0 atom stereocenters. The highest BCUT2D eigenvalue weighted by atomic mass is 32.2. The monoisotopic (exact) mass is 514 g/mol. The molecule has 2 heterocycles. The zero-order valence-corrected chi connectivity index (χ0v) is 22.4. The van der Waals surface area contributed by atoms with Crippen LogP contribution in [0.3, 0.4) is 0 Å². The molecule has 0 saturated heterocycles. The molecule has 3 rings (SSSR count). The molecule has 35 heavy (non-hydrogen) atoms. The summed E-state index contributed by atoms with van der Waals surface area (Å²) in [5.41, 5.74) is 2.04. The molecule has 1 aromatic carbocycles. The van der Waals surface area contributed by atoms with Gasteiger partial charge in [-0.2, -0.15) is 5.26 Å². The Morgan fingerprint density at radius 1 is 1.26 bits per heavy atom. The van der Waals surface area contributed by atoms with Crippen molar-refractivity contribution in [1.29, 1.82) is 5.26 Å². The Hall–Kier alpha value is -3.00. The maximum absolute atomic E-state index is 13.0. The van der Waals surface area contributed by atoms with Crippen molar-refractivity contribution >= 4 is 27.3 Å². The summed E-state index contributed by atoms with van der Waals surface area (Å²) in [4.78, 5) is 23.0. The van der Waals surface area contributed by atoms with Gasteiger partial charge in [0.2, 0.25) is 0 Å². The number of aromatic nitrogens is 2. The van der Waals surface area contributed by atoms with E-state index < -0.39 is 16.0 Å². The average molecular weight is 515 g/mol. The number of nitriles is 1. The van der Waals surface area contributed by atoms with E-state index in [0.29, 0.717) is 35.6 Å². The number of thiophene rings is 1.